The number of nitrogens with zero attached hydrogens (tertiary/aromatic N) is 2. The third kappa shape index (κ3) is 4.30. The lowest BCUT2D eigenvalue weighted by Gasteiger charge is -2.03. The van der Waals surface area contributed by atoms with E-state index in [2.05, 4.69) is 42.5 Å². The Morgan fingerprint density at radius 1 is 1.47 bits per heavy atom. The van der Waals surface area contributed by atoms with E-state index in [0.717, 1.165) is 25.1 Å². The van der Waals surface area contributed by atoms with Gasteiger partial charge in [-0.1, -0.05) is 12.2 Å². The molecule has 1 aromatic rings. The van der Waals surface area contributed by atoms with Crippen LogP contribution in [0.4, 0.5) is 0 Å². The van der Waals surface area contributed by atoms with Crippen LogP contribution in [0.3, 0.4) is 0 Å². The Hall–Kier alpha value is -1.09. The number of aromatic nitrogens is 2. The predicted octanol–water partition coefficient (Wildman–Crippen LogP) is 2.17. The molecule has 0 aliphatic carbocycles. The number of rotatable bonds is 6. The second-order valence-corrected chi connectivity index (χ2v) is 3.95. The summed E-state index contributed by atoms with van der Waals surface area (Å²) in [6, 6.07) is 2.54. The third-order valence-electron chi connectivity index (χ3n) is 2.25. The molecule has 0 aliphatic heterocycles. The summed E-state index contributed by atoms with van der Waals surface area (Å²) in [6.45, 7) is 5.32. The van der Waals surface area contributed by atoms with Gasteiger partial charge in [-0.25, -0.2) is 0 Å². The maximum Gasteiger partial charge on any atom is 0.0662 e. The molecule has 3 heteroatoms. The summed E-state index contributed by atoms with van der Waals surface area (Å²) < 4.78 is 2.00. The average molecular weight is 207 g/mol. The number of nitrogens with one attached hydrogen (secondary N) is 1. The number of hydrogen-bond acceptors (Lipinski definition) is 2. The molecule has 0 saturated heterocycles. The largest absolute Gasteiger partial charge is 0.319 e. The highest BCUT2D eigenvalue weighted by atomic mass is 15.3. The first-order valence-electron chi connectivity index (χ1n) is 5.57. The molecular weight excluding hydrogens is 186 g/mol. The van der Waals surface area contributed by atoms with E-state index in [1.54, 1.807) is 0 Å². The van der Waals surface area contributed by atoms with Crippen LogP contribution in [-0.4, -0.2) is 23.4 Å². The van der Waals surface area contributed by atoms with Crippen LogP contribution in [0.25, 0.3) is 0 Å². The van der Waals surface area contributed by atoms with Crippen LogP contribution in [0.2, 0.25) is 0 Å². The van der Waals surface area contributed by atoms with Crippen LogP contribution >= 0.6 is 0 Å². The van der Waals surface area contributed by atoms with Crippen molar-refractivity contribution in [3.63, 3.8) is 0 Å². The van der Waals surface area contributed by atoms with Gasteiger partial charge in [0.15, 0.2) is 0 Å². The van der Waals surface area contributed by atoms with Crippen molar-refractivity contribution in [1.82, 2.24) is 15.1 Å². The Balaban J connectivity index is 2.34. The monoisotopic (exact) mass is 207 g/mol. The normalized spacial score (nSPS) is 11.7. The van der Waals surface area contributed by atoms with Crippen LogP contribution in [0.1, 0.15) is 32.0 Å². The van der Waals surface area contributed by atoms with Gasteiger partial charge in [0.2, 0.25) is 0 Å². The molecule has 3 nitrogen and oxygen atoms in total. The van der Waals surface area contributed by atoms with Gasteiger partial charge in [0.25, 0.3) is 0 Å². The molecule has 0 aromatic carbocycles. The molecule has 0 bridgehead atoms. The van der Waals surface area contributed by atoms with Gasteiger partial charge in [-0.3, -0.25) is 4.68 Å². The summed E-state index contributed by atoms with van der Waals surface area (Å²) in [5.74, 6) is 0. The van der Waals surface area contributed by atoms with Gasteiger partial charge >= 0.3 is 0 Å². The van der Waals surface area contributed by atoms with Gasteiger partial charge in [-0.15, -0.1) is 0 Å². The highest BCUT2D eigenvalue weighted by Crippen LogP contribution is 2.05. The Bertz CT molecular complexity index is 300. The van der Waals surface area contributed by atoms with Crippen LogP contribution in [0.15, 0.2) is 24.4 Å². The molecule has 0 fully saturated rings. The zero-order chi connectivity index (χ0) is 11.1. The lowest BCUT2D eigenvalue weighted by atomic mass is 10.2. The minimum Gasteiger partial charge on any atom is -0.319 e. The first-order valence-corrected chi connectivity index (χ1v) is 5.57. The topological polar surface area (TPSA) is 29.9 Å². The maximum absolute atomic E-state index is 4.48. The fraction of sp³-hybridized carbons (Fsp3) is 0.583. The van der Waals surface area contributed by atoms with E-state index < -0.39 is 0 Å². The standard InChI is InChI=1S/C12H21N3/c1-11(2)15-10-8-12(14-15)7-5-4-6-9-13-3/h4-5,8,10-11,13H,6-7,9H2,1-3H3. The molecule has 1 N–H and O–H groups in total. The summed E-state index contributed by atoms with van der Waals surface area (Å²) in [7, 11) is 1.97. The van der Waals surface area contributed by atoms with Gasteiger partial charge in [-0.2, -0.15) is 5.10 Å². The highest BCUT2D eigenvalue weighted by molar-refractivity contribution is 5.05. The smallest absolute Gasteiger partial charge is 0.0662 e. The zero-order valence-electron chi connectivity index (χ0n) is 9.90. The highest BCUT2D eigenvalue weighted by Gasteiger charge is 1.99. The van der Waals surface area contributed by atoms with Gasteiger partial charge in [0.05, 0.1) is 5.69 Å². The van der Waals surface area contributed by atoms with Crippen LogP contribution in [0.5, 0.6) is 0 Å². The third-order valence-corrected chi connectivity index (χ3v) is 2.25. The Labute approximate surface area is 92.2 Å². The molecule has 0 radical (unpaired) electrons. The van der Waals surface area contributed by atoms with E-state index in [9.17, 15) is 0 Å². The molecule has 1 aromatic heterocycles. The number of allylic oxidation sites excluding steroid dienone is 1. The van der Waals surface area contributed by atoms with E-state index in [1.807, 2.05) is 17.9 Å². The SMILES string of the molecule is CNCCC=CCc1ccn(C(C)C)n1. The molecule has 1 heterocycles. The summed E-state index contributed by atoms with van der Waals surface area (Å²) in [5, 5.41) is 7.59. The summed E-state index contributed by atoms with van der Waals surface area (Å²) in [6.07, 6.45) is 8.45. The van der Waals surface area contributed by atoms with Crippen LogP contribution < -0.4 is 5.32 Å². The Morgan fingerprint density at radius 3 is 2.87 bits per heavy atom. The van der Waals surface area contributed by atoms with Gasteiger partial charge in [0, 0.05) is 18.7 Å². The van der Waals surface area contributed by atoms with Crippen molar-refractivity contribution >= 4 is 0 Å². The van der Waals surface area contributed by atoms with Gasteiger partial charge in [0.1, 0.15) is 0 Å². The van der Waals surface area contributed by atoms with Crippen molar-refractivity contribution in [2.75, 3.05) is 13.6 Å². The van der Waals surface area contributed by atoms with Crippen molar-refractivity contribution in [1.29, 1.82) is 0 Å². The van der Waals surface area contributed by atoms with Gasteiger partial charge < -0.3 is 5.32 Å². The molecule has 84 valence electrons. The van der Waals surface area contributed by atoms with E-state index in [1.165, 1.54) is 0 Å². The summed E-state index contributed by atoms with van der Waals surface area (Å²) in [4.78, 5) is 0. The fourth-order valence-electron chi connectivity index (χ4n) is 1.32. The summed E-state index contributed by atoms with van der Waals surface area (Å²) in [5.41, 5.74) is 1.14. The van der Waals surface area contributed by atoms with Gasteiger partial charge in [-0.05, 0) is 39.9 Å². The maximum atomic E-state index is 4.48. The molecule has 0 atom stereocenters. The van der Waals surface area contributed by atoms with Crippen molar-refractivity contribution in [3.8, 4) is 0 Å². The predicted molar refractivity (Wildman–Crippen MR) is 64.0 cm³/mol. The second-order valence-electron chi connectivity index (χ2n) is 3.95. The van der Waals surface area contributed by atoms with E-state index >= 15 is 0 Å². The second kappa shape index (κ2) is 6.40. The molecule has 15 heavy (non-hydrogen) atoms. The Morgan fingerprint density at radius 2 is 2.27 bits per heavy atom. The first-order chi connectivity index (χ1) is 7.24. The summed E-state index contributed by atoms with van der Waals surface area (Å²) >= 11 is 0. The van der Waals surface area contributed by atoms with Crippen molar-refractivity contribution in [2.24, 2.45) is 0 Å². The molecule has 1 rings (SSSR count). The molecule has 0 aliphatic rings. The first kappa shape index (κ1) is 12.0. The molecule has 0 spiro atoms. The Kier molecular flexibility index (Phi) is 5.12. The zero-order valence-corrected chi connectivity index (χ0v) is 9.90. The molecule has 0 amide bonds. The lowest BCUT2D eigenvalue weighted by molar-refractivity contribution is 0.528. The minimum atomic E-state index is 0.451. The van der Waals surface area contributed by atoms with E-state index in [0.29, 0.717) is 6.04 Å². The van der Waals surface area contributed by atoms with Crippen LogP contribution in [0, 0.1) is 0 Å². The van der Waals surface area contributed by atoms with Crippen molar-refractivity contribution in [3.05, 3.63) is 30.1 Å². The fourth-order valence-corrected chi connectivity index (χ4v) is 1.32. The van der Waals surface area contributed by atoms with E-state index in [-0.39, 0.29) is 0 Å². The molecule has 0 saturated carbocycles. The van der Waals surface area contributed by atoms with Crippen LogP contribution in [-0.2, 0) is 6.42 Å². The van der Waals surface area contributed by atoms with Crippen molar-refractivity contribution in [2.45, 2.75) is 32.7 Å². The number of hydrogen-bond donors (Lipinski definition) is 1. The van der Waals surface area contributed by atoms with Crippen molar-refractivity contribution < 1.29 is 0 Å². The van der Waals surface area contributed by atoms with E-state index in [4.69, 9.17) is 0 Å². The molecular formula is C12H21N3. The quantitative estimate of drug-likeness (QED) is 0.572. The lowest BCUT2D eigenvalue weighted by Crippen LogP contribution is -2.05. The minimum absolute atomic E-state index is 0.451. The average Bonchev–Trinajstić information content (AvgIpc) is 2.66. The molecule has 0 unspecified atom stereocenters.